The molecule has 1 heterocycles. The number of alkyl halides is 3. The molecule has 0 radical (unpaired) electrons. The number of carbonyl (C=O) groups excluding carboxylic acids is 1. The first-order chi connectivity index (χ1) is 9.03. The zero-order valence-electron chi connectivity index (χ0n) is 10.6. The van der Waals surface area contributed by atoms with Crippen LogP contribution in [0.1, 0.15) is 30.2 Å². The van der Waals surface area contributed by atoms with Crippen LogP contribution in [-0.4, -0.2) is 24.7 Å². The van der Waals surface area contributed by atoms with Crippen molar-refractivity contribution in [2.45, 2.75) is 25.7 Å². The van der Waals surface area contributed by atoms with Crippen molar-refractivity contribution in [2.24, 2.45) is 0 Å². The lowest BCUT2D eigenvalue weighted by atomic mass is 10.1. The van der Waals surface area contributed by atoms with Crippen molar-refractivity contribution in [2.75, 3.05) is 13.7 Å². The van der Waals surface area contributed by atoms with E-state index in [4.69, 9.17) is 21.1 Å². The van der Waals surface area contributed by atoms with E-state index in [1.807, 2.05) is 0 Å². The van der Waals surface area contributed by atoms with Crippen molar-refractivity contribution < 1.29 is 23.0 Å². The van der Waals surface area contributed by atoms with Gasteiger partial charge in [-0.05, 0) is 18.6 Å². The average molecular weight is 294 g/mol. The molecule has 0 spiro atoms. The summed E-state index contributed by atoms with van der Waals surface area (Å²) in [5, 5.41) is 0. The highest BCUT2D eigenvalue weighted by molar-refractivity contribution is 6.16. The molecule has 0 fully saturated rings. The summed E-state index contributed by atoms with van der Waals surface area (Å²) in [5.41, 5.74) is 0.0857. The van der Waals surface area contributed by atoms with Gasteiger partial charge in [-0.3, -0.25) is 4.79 Å². The Kier molecular flexibility index (Phi) is 5.95. The fourth-order valence-corrected chi connectivity index (χ4v) is 1.75. The number of nitrogens with zero attached hydrogens (tertiary/aromatic N) is 1. The number of methoxy groups -OCH3 is 1. The molecule has 4 nitrogen and oxygen atoms in total. The molecule has 0 N–H and O–H groups in total. The van der Waals surface area contributed by atoms with E-state index < -0.39 is 18.0 Å². The van der Waals surface area contributed by atoms with Crippen LogP contribution in [0.2, 0.25) is 0 Å². The first kappa shape index (κ1) is 15.6. The summed E-state index contributed by atoms with van der Waals surface area (Å²) in [6.07, 6.45) is -3.06. The number of halogens is 3. The third kappa shape index (κ3) is 4.02. The van der Waals surface area contributed by atoms with Crippen LogP contribution < -0.4 is 4.74 Å². The van der Waals surface area contributed by atoms with Crippen LogP contribution in [-0.2, 0) is 21.8 Å². The van der Waals surface area contributed by atoms with Crippen LogP contribution in [0.4, 0.5) is 8.78 Å². The van der Waals surface area contributed by atoms with Gasteiger partial charge in [0.2, 0.25) is 5.88 Å². The molecule has 106 valence electrons. The van der Waals surface area contributed by atoms with Gasteiger partial charge in [-0.15, -0.1) is 11.6 Å². The van der Waals surface area contributed by atoms with Crippen LogP contribution in [0.25, 0.3) is 0 Å². The number of ether oxygens (including phenoxy) is 2. The molecule has 0 amide bonds. The minimum atomic E-state index is -2.80. The summed E-state index contributed by atoms with van der Waals surface area (Å²) in [5.74, 6) is -0.763. The Hall–Kier alpha value is -1.43. The van der Waals surface area contributed by atoms with Crippen molar-refractivity contribution in [3.8, 4) is 5.88 Å². The predicted molar refractivity (Wildman–Crippen MR) is 65.6 cm³/mol. The smallest absolute Gasteiger partial charge is 0.310 e. The predicted octanol–water partition coefficient (Wildman–Crippen LogP) is 2.87. The van der Waals surface area contributed by atoms with E-state index in [1.54, 1.807) is 6.92 Å². The Morgan fingerprint density at radius 1 is 1.53 bits per heavy atom. The molecule has 1 aromatic rings. The Labute approximate surface area is 114 Å². The van der Waals surface area contributed by atoms with Gasteiger partial charge in [-0.2, -0.15) is 0 Å². The SMILES string of the molecule is CCOC(=O)Cc1cc(CCl)nc(OC)c1C(F)F. The zero-order valence-corrected chi connectivity index (χ0v) is 11.3. The standard InChI is InChI=1S/C12H14ClF2NO3/c1-3-19-9(17)5-7-4-8(6-13)16-12(18-2)10(7)11(14)15/h4,11H,3,5-6H2,1-2H3. The zero-order chi connectivity index (χ0) is 14.4. The third-order valence-corrected chi connectivity index (χ3v) is 2.62. The molecule has 0 atom stereocenters. The normalized spacial score (nSPS) is 10.6. The maximum atomic E-state index is 13.0. The summed E-state index contributed by atoms with van der Waals surface area (Å²) < 4.78 is 35.7. The molecule has 0 unspecified atom stereocenters. The van der Waals surface area contributed by atoms with Crippen molar-refractivity contribution in [1.29, 1.82) is 0 Å². The molecule has 19 heavy (non-hydrogen) atoms. The summed E-state index contributed by atoms with van der Waals surface area (Å²) in [7, 11) is 1.24. The van der Waals surface area contributed by atoms with E-state index in [2.05, 4.69) is 4.98 Å². The van der Waals surface area contributed by atoms with Gasteiger partial charge in [0.05, 0.1) is 37.3 Å². The molecule has 0 aliphatic carbocycles. The number of pyridine rings is 1. The van der Waals surface area contributed by atoms with Gasteiger partial charge >= 0.3 is 5.97 Å². The highest BCUT2D eigenvalue weighted by Gasteiger charge is 2.23. The van der Waals surface area contributed by atoms with Crippen molar-refractivity contribution in [3.05, 3.63) is 22.9 Å². The second-order valence-electron chi connectivity index (χ2n) is 3.61. The second-order valence-corrected chi connectivity index (χ2v) is 3.88. The van der Waals surface area contributed by atoms with E-state index in [-0.39, 0.29) is 30.4 Å². The van der Waals surface area contributed by atoms with E-state index >= 15 is 0 Å². The summed E-state index contributed by atoms with van der Waals surface area (Å²) in [6.45, 7) is 1.83. The number of aromatic nitrogens is 1. The van der Waals surface area contributed by atoms with E-state index in [0.29, 0.717) is 5.69 Å². The molecular formula is C12H14ClF2NO3. The van der Waals surface area contributed by atoms with Crippen LogP contribution >= 0.6 is 11.6 Å². The lowest BCUT2D eigenvalue weighted by Gasteiger charge is -2.13. The Morgan fingerprint density at radius 3 is 2.68 bits per heavy atom. The molecule has 0 aliphatic rings. The lowest BCUT2D eigenvalue weighted by molar-refractivity contribution is -0.142. The molecule has 0 aromatic carbocycles. The summed E-state index contributed by atoms with van der Waals surface area (Å²) >= 11 is 5.64. The molecule has 0 saturated heterocycles. The number of esters is 1. The number of hydrogen-bond acceptors (Lipinski definition) is 4. The van der Waals surface area contributed by atoms with E-state index in [9.17, 15) is 13.6 Å². The van der Waals surface area contributed by atoms with Crippen molar-refractivity contribution >= 4 is 17.6 Å². The molecule has 0 bridgehead atoms. The maximum absolute atomic E-state index is 13.0. The molecule has 0 aliphatic heterocycles. The Bertz CT molecular complexity index is 455. The monoisotopic (exact) mass is 293 g/mol. The molecule has 1 rings (SSSR count). The number of hydrogen-bond donors (Lipinski definition) is 0. The van der Waals surface area contributed by atoms with Crippen LogP contribution in [0.3, 0.4) is 0 Å². The second kappa shape index (κ2) is 7.23. The van der Waals surface area contributed by atoms with Crippen LogP contribution in [0.15, 0.2) is 6.07 Å². The first-order valence-corrected chi connectivity index (χ1v) is 6.13. The summed E-state index contributed by atoms with van der Waals surface area (Å²) in [4.78, 5) is 15.3. The minimum absolute atomic E-state index is 0.0374. The van der Waals surface area contributed by atoms with Gasteiger partial charge in [-0.25, -0.2) is 13.8 Å². The average Bonchev–Trinajstić information content (AvgIpc) is 2.37. The first-order valence-electron chi connectivity index (χ1n) is 5.59. The lowest BCUT2D eigenvalue weighted by Crippen LogP contribution is -2.12. The summed E-state index contributed by atoms with van der Waals surface area (Å²) in [6, 6.07) is 1.37. The van der Waals surface area contributed by atoms with Gasteiger partial charge in [0.1, 0.15) is 0 Å². The van der Waals surface area contributed by atoms with Crippen molar-refractivity contribution in [1.82, 2.24) is 4.98 Å². The van der Waals surface area contributed by atoms with Crippen LogP contribution in [0.5, 0.6) is 5.88 Å². The number of rotatable bonds is 6. The fraction of sp³-hybridized carbons (Fsp3) is 0.500. The van der Waals surface area contributed by atoms with Gasteiger partial charge in [0.15, 0.2) is 0 Å². The minimum Gasteiger partial charge on any atom is -0.481 e. The Morgan fingerprint density at radius 2 is 2.21 bits per heavy atom. The van der Waals surface area contributed by atoms with Crippen molar-refractivity contribution in [3.63, 3.8) is 0 Å². The Balaban J connectivity index is 3.21. The van der Waals surface area contributed by atoms with Gasteiger partial charge < -0.3 is 9.47 Å². The fourth-order valence-electron chi connectivity index (χ4n) is 1.61. The third-order valence-electron chi connectivity index (χ3n) is 2.35. The molecule has 0 saturated carbocycles. The highest BCUT2D eigenvalue weighted by atomic mass is 35.5. The maximum Gasteiger partial charge on any atom is 0.310 e. The van der Waals surface area contributed by atoms with E-state index in [1.165, 1.54) is 13.2 Å². The van der Waals surface area contributed by atoms with Gasteiger partial charge in [0, 0.05) is 0 Å². The quantitative estimate of drug-likeness (QED) is 0.598. The topological polar surface area (TPSA) is 48.4 Å². The van der Waals surface area contributed by atoms with Gasteiger partial charge in [0.25, 0.3) is 6.43 Å². The largest absolute Gasteiger partial charge is 0.481 e. The molecule has 1 aromatic heterocycles. The van der Waals surface area contributed by atoms with E-state index in [0.717, 1.165) is 0 Å². The van der Waals surface area contributed by atoms with Crippen LogP contribution in [0, 0.1) is 0 Å². The molecule has 7 heteroatoms. The van der Waals surface area contributed by atoms with Gasteiger partial charge in [-0.1, -0.05) is 0 Å². The highest BCUT2D eigenvalue weighted by Crippen LogP contribution is 2.32. The number of carbonyl (C=O) groups is 1. The molecular weight excluding hydrogens is 280 g/mol.